The molecule has 0 fully saturated rings. The molecule has 0 spiro atoms. The molecule has 20 heavy (non-hydrogen) atoms. The molecule has 1 atom stereocenters. The lowest BCUT2D eigenvalue weighted by Crippen LogP contribution is -2.23. The van der Waals surface area contributed by atoms with Crippen LogP contribution in [0.5, 0.6) is 5.75 Å². The summed E-state index contributed by atoms with van der Waals surface area (Å²) in [5.41, 5.74) is 6.19. The zero-order valence-corrected chi connectivity index (χ0v) is 11.2. The summed E-state index contributed by atoms with van der Waals surface area (Å²) in [5, 5.41) is 4.33. The second-order valence-electron chi connectivity index (χ2n) is 4.25. The molecular weight excluding hydrogens is 275 g/mol. The van der Waals surface area contributed by atoms with E-state index in [9.17, 15) is 13.2 Å². The van der Waals surface area contributed by atoms with Crippen LogP contribution in [0.2, 0.25) is 0 Å². The van der Waals surface area contributed by atoms with Crippen LogP contribution in [0.15, 0.2) is 12.1 Å². The van der Waals surface area contributed by atoms with Crippen molar-refractivity contribution in [2.75, 3.05) is 20.0 Å². The number of benzene rings is 1. The van der Waals surface area contributed by atoms with Gasteiger partial charge in [-0.25, -0.2) is 0 Å². The van der Waals surface area contributed by atoms with E-state index in [0.29, 0.717) is 10.9 Å². The van der Waals surface area contributed by atoms with Crippen molar-refractivity contribution >= 4 is 16.7 Å². The number of aryl methyl sites for hydroxylation is 1. The minimum Gasteiger partial charge on any atom is -0.496 e. The Balaban J connectivity index is 2.74. The van der Waals surface area contributed by atoms with E-state index >= 15 is 0 Å². The van der Waals surface area contributed by atoms with Crippen molar-refractivity contribution in [2.45, 2.75) is 12.3 Å². The summed E-state index contributed by atoms with van der Waals surface area (Å²) in [7, 11) is 3.93. The fraction of sp³-hybridized carbons (Fsp3) is 0.417. The van der Waals surface area contributed by atoms with Crippen molar-refractivity contribution in [3.8, 4) is 5.75 Å². The van der Waals surface area contributed by atoms with E-state index in [1.54, 1.807) is 7.05 Å². The van der Waals surface area contributed by atoms with E-state index in [-0.39, 0.29) is 17.1 Å². The number of methoxy groups -OCH3 is 2. The van der Waals surface area contributed by atoms with Gasteiger partial charge in [0.15, 0.2) is 11.9 Å². The van der Waals surface area contributed by atoms with Gasteiger partial charge in [-0.05, 0) is 6.07 Å². The third-order valence-corrected chi connectivity index (χ3v) is 3.05. The van der Waals surface area contributed by atoms with Crippen molar-refractivity contribution in [1.29, 1.82) is 0 Å². The molecule has 1 aromatic heterocycles. The van der Waals surface area contributed by atoms with Gasteiger partial charge >= 0.3 is 6.18 Å². The van der Waals surface area contributed by atoms with E-state index in [1.807, 2.05) is 0 Å². The highest BCUT2D eigenvalue weighted by Gasteiger charge is 2.43. The van der Waals surface area contributed by atoms with Crippen LogP contribution in [0, 0.1) is 0 Å². The number of anilines is 1. The lowest BCUT2D eigenvalue weighted by molar-refractivity contribution is -0.216. The molecule has 110 valence electrons. The zero-order valence-electron chi connectivity index (χ0n) is 11.2. The molecule has 0 aliphatic rings. The van der Waals surface area contributed by atoms with Crippen LogP contribution in [0.4, 0.5) is 19.0 Å². The summed E-state index contributed by atoms with van der Waals surface area (Å²) in [6, 6.07) is 2.82. The summed E-state index contributed by atoms with van der Waals surface area (Å²) in [5.74, 6) is 0.135. The van der Waals surface area contributed by atoms with Gasteiger partial charge in [0.2, 0.25) is 0 Å². The van der Waals surface area contributed by atoms with Gasteiger partial charge in [0.1, 0.15) is 5.75 Å². The summed E-state index contributed by atoms with van der Waals surface area (Å²) < 4.78 is 50.1. The van der Waals surface area contributed by atoms with E-state index in [1.165, 1.54) is 23.9 Å². The van der Waals surface area contributed by atoms with Gasteiger partial charge in [-0.1, -0.05) is 6.07 Å². The SMILES string of the molecule is COc1c([C@H](OC)C(F)(F)F)ccc2c1c(N)nn2C. The first-order valence-electron chi connectivity index (χ1n) is 5.69. The normalized spacial score (nSPS) is 13.7. The maximum absolute atomic E-state index is 13.0. The molecule has 0 aliphatic carbocycles. The second-order valence-corrected chi connectivity index (χ2v) is 4.25. The molecule has 1 heterocycles. The zero-order chi connectivity index (χ0) is 15.1. The predicted octanol–water partition coefficient (Wildman–Crippen LogP) is 2.41. The highest BCUT2D eigenvalue weighted by Crippen LogP contribution is 2.43. The van der Waals surface area contributed by atoms with E-state index in [2.05, 4.69) is 9.84 Å². The van der Waals surface area contributed by atoms with Crippen LogP contribution in [-0.2, 0) is 11.8 Å². The topological polar surface area (TPSA) is 62.3 Å². The summed E-state index contributed by atoms with van der Waals surface area (Å²) in [6.07, 6.45) is -6.63. The Labute approximate surface area is 113 Å². The number of hydrogen-bond donors (Lipinski definition) is 1. The number of nitrogen functional groups attached to an aromatic ring is 1. The van der Waals surface area contributed by atoms with Gasteiger partial charge in [-0.3, -0.25) is 4.68 Å². The molecule has 2 aromatic rings. The monoisotopic (exact) mass is 289 g/mol. The first-order chi connectivity index (χ1) is 9.31. The van der Waals surface area contributed by atoms with E-state index in [4.69, 9.17) is 10.5 Å². The molecule has 2 N–H and O–H groups in total. The average molecular weight is 289 g/mol. The molecule has 0 bridgehead atoms. The highest BCUT2D eigenvalue weighted by atomic mass is 19.4. The minimum atomic E-state index is -4.55. The molecule has 0 radical (unpaired) electrons. The lowest BCUT2D eigenvalue weighted by Gasteiger charge is -2.21. The highest BCUT2D eigenvalue weighted by molar-refractivity contribution is 5.95. The molecule has 0 amide bonds. The fourth-order valence-corrected chi connectivity index (χ4v) is 2.23. The Morgan fingerprint density at radius 1 is 1.30 bits per heavy atom. The van der Waals surface area contributed by atoms with Crippen LogP contribution in [0.25, 0.3) is 10.9 Å². The number of alkyl halides is 3. The van der Waals surface area contributed by atoms with Crippen molar-refractivity contribution < 1.29 is 22.6 Å². The van der Waals surface area contributed by atoms with Gasteiger partial charge in [-0.2, -0.15) is 18.3 Å². The molecule has 0 aliphatic heterocycles. The Kier molecular flexibility index (Phi) is 3.51. The van der Waals surface area contributed by atoms with Gasteiger partial charge in [0.25, 0.3) is 0 Å². The largest absolute Gasteiger partial charge is 0.496 e. The molecule has 8 heteroatoms. The number of halogens is 3. The number of ether oxygens (including phenoxy) is 2. The Morgan fingerprint density at radius 3 is 2.45 bits per heavy atom. The van der Waals surface area contributed by atoms with E-state index < -0.39 is 12.3 Å². The Bertz CT molecular complexity index is 637. The summed E-state index contributed by atoms with van der Waals surface area (Å²) in [6.45, 7) is 0. The van der Waals surface area contributed by atoms with Crippen LogP contribution in [0.3, 0.4) is 0 Å². The number of nitrogens with two attached hydrogens (primary N) is 1. The first kappa shape index (κ1) is 14.4. The molecule has 0 saturated heterocycles. The molecule has 0 saturated carbocycles. The summed E-state index contributed by atoms with van der Waals surface area (Å²) >= 11 is 0. The van der Waals surface area contributed by atoms with Crippen LogP contribution < -0.4 is 10.5 Å². The number of nitrogens with zero attached hydrogens (tertiary/aromatic N) is 2. The van der Waals surface area contributed by atoms with Crippen molar-refractivity contribution in [1.82, 2.24) is 9.78 Å². The van der Waals surface area contributed by atoms with Gasteiger partial charge in [-0.15, -0.1) is 0 Å². The number of rotatable bonds is 3. The lowest BCUT2D eigenvalue weighted by atomic mass is 10.0. The molecular formula is C12H14F3N3O2. The second kappa shape index (κ2) is 4.86. The molecule has 1 aromatic carbocycles. The number of aromatic nitrogens is 2. The van der Waals surface area contributed by atoms with Crippen LogP contribution in [-0.4, -0.2) is 30.2 Å². The number of fused-ring (bicyclic) bond motifs is 1. The maximum atomic E-state index is 13.0. The van der Waals surface area contributed by atoms with Crippen molar-refractivity contribution in [3.05, 3.63) is 17.7 Å². The maximum Gasteiger partial charge on any atom is 0.418 e. The van der Waals surface area contributed by atoms with Gasteiger partial charge < -0.3 is 15.2 Å². The van der Waals surface area contributed by atoms with Crippen molar-refractivity contribution in [3.63, 3.8) is 0 Å². The number of hydrogen-bond acceptors (Lipinski definition) is 4. The third kappa shape index (κ3) is 2.15. The predicted molar refractivity (Wildman–Crippen MR) is 67.5 cm³/mol. The van der Waals surface area contributed by atoms with Gasteiger partial charge in [0, 0.05) is 19.7 Å². The Morgan fingerprint density at radius 2 is 1.95 bits per heavy atom. The van der Waals surface area contributed by atoms with Crippen LogP contribution in [0.1, 0.15) is 11.7 Å². The minimum absolute atomic E-state index is 0.0253. The fourth-order valence-electron chi connectivity index (χ4n) is 2.23. The average Bonchev–Trinajstić information content (AvgIpc) is 2.64. The first-order valence-corrected chi connectivity index (χ1v) is 5.69. The van der Waals surface area contributed by atoms with Crippen molar-refractivity contribution in [2.24, 2.45) is 7.05 Å². The summed E-state index contributed by atoms with van der Waals surface area (Å²) in [4.78, 5) is 0. The quantitative estimate of drug-likeness (QED) is 0.942. The standard InChI is InChI=1S/C12H14F3N3O2/c1-18-7-5-4-6(10(20-3)12(13,14)15)9(19-2)8(7)11(16)17-18/h4-5,10H,1-3H3,(H2,16,17)/t10-/m0/s1. The smallest absolute Gasteiger partial charge is 0.418 e. The van der Waals surface area contributed by atoms with Crippen LogP contribution >= 0.6 is 0 Å². The molecule has 5 nitrogen and oxygen atoms in total. The molecule has 0 unspecified atom stereocenters. The van der Waals surface area contributed by atoms with E-state index in [0.717, 1.165) is 7.11 Å². The van der Waals surface area contributed by atoms with Gasteiger partial charge in [0.05, 0.1) is 18.0 Å². The Hall–Kier alpha value is -1.96. The third-order valence-electron chi connectivity index (χ3n) is 3.05. The molecule has 2 rings (SSSR count).